The van der Waals surface area contributed by atoms with Crippen LogP contribution in [0.15, 0.2) is 67.0 Å². The SMILES string of the molecule is Cc1ccccc1CCC(=O)Nc1cncc2c1CCN(Cc1ccccc1)C2. The molecule has 29 heavy (non-hydrogen) atoms. The van der Waals surface area contributed by atoms with Crippen LogP contribution >= 0.6 is 0 Å². The largest absolute Gasteiger partial charge is 0.324 e. The van der Waals surface area contributed by atoms with Crippen LogP contribution in [0, 0.1) is 6.92 Å². The van der Waals surface area contributed by atoms with E-state index in [-0.39, 0.29) is 5.91 Å². The monoisotopic (exact) mass is 385 g/mol. The molecule has 148 valence electrons. The number of fused-ring (bicyclic) bond motifs is 1. The highest BCUT2D eigenvalue weighted by molar-refractivity contribution is 5.91. The maximum Gasteiger partial charge on any atom is 0.224 e. The molecule has 1 aliphatic heterocycles. The Hall–Kier alpha value is -2.98. The molecule has 0 aliphatic carbocycles. The summed E-state index contributed by atoms with van der Waals surface area (Å²) in [7, 11) is 0. The van der Waals surface area contributed by atoms with Crippen molar-refractivity contribution in [3.05, 3.63) is 94.8 Å². The van der Waals surface area contributed by atoms with Crippen LogP contribution in [0.2, 0.25) is 0 Å². The normalized spacial score (nSPS) is 13.7. The molecule has 3 aromatic rings. The zero-order valence-electron chi connectivity index (χ0n) is 16.9. The van der Waals surface area contributed by atoms with Gasteiger partial charge in [-0.2, -0.15) is 0 Å². The van der Waals surface area contributed by atoms with Crippen molar-refractivity contribution in [2.75, 3.05) is 11.9 Å². The molecule has 0 saturated heterocycles. The van der Waals surface area contributed by atoms with Gasteiger partial charge < -0.3 is 5.32 Å². The van der Waals surface area contributed by atoms with Crippen molar-refractivity contribution in [3.8, 4) is 0 Å². The molecule has 0 radical (unpaired) electrons. The number of aryl methyl sites for hydroxylation is 2. The Morgan fingerprint density at radius 1 is 1.07 bits per heavy atom. The molecule has 0 unspecified atom stereocenters. The van der Waals surface area contributed by atoms with E-state index in [1.54, 1.807) is 6.20 Å². The number of benzene rings is 2. The average Bonchev–Trinajstić information content (AvgIpc) is 2.74. The van der Waals surface area contributed by atoms with Crippen LogP contribution in [0.25, 0.3) is 0 Å². The Morgan fingerprint density at radius 2 is 1.86 bits per heavy atom. The number of nitrogens with zero attached hydrogens (tertiary/aromatic N) is 2. The zero-order chi connectivity index (χ0) is 20.1. The summed E-state index contributed by atoms with van der Waals surface area (Å²) in [4.78, 5) is 19.4. The van der Waals surface area contributed by atoms with Gasteiger partial charge >= 0.3 is 0 Å². The maximum atomic E-state index is 12.5. The molecule has 4 heteroatoms. The van der Waals surface area contributed by atoms with Gasteiger partial charge in [0.25, 0.3) is 0 Å². The summed E-state index contributed by atoms with van der Waals surface area (Å²) < 4.78 is 0. The van der Waals surface area contributed by atoms with Crippen molar-refractivity contribution in [2.45, 2.75) is 39.3 Å². The minimum Gasteiger partial charge on any atom is -0.324 e. The van der Waals surface area contributed by atoms with Crippen LogP contribution in [0.1, 0.15) is 34.2 Å². The van der Waals surface area contributed by atoms with Gasteiger partial charge in [-0.3, -0.25) is 14.7 Å². The average molecular weight is 386 g/mol. The van der Waals surface area contributed by atoms with E-state index in [4.69, 9.17) is 0 Å². The number of carbonyl (C=O) groups excluding carboxylic acids is 1. The van der Waals surface area contributed by atoms with Gasteiger partial charge in [-0.25, -0.2) is 0 Å². The van der Waals surface area contributed by atoms with E-state index in [1.807, 2.05) is 24.4 Å². The third-order valence-electron chi connectivity index (χ3n) is 5.62. The van der Waals surface area contributed by atoms with Gasteiger partial charge in [-0.1, -0.05) is 54.6 Å². The standard InChI is InChI=1S/C25H27N3O/c1-19-7-5-6-10-21(19)11-12-25(29)27-24-16-26-15-22-18-28(14-13-23(22)24)17-20-8-3-2-4-9-20/h2-10,15-16H,11-14,17-18H2,1H3,(H,27,29). The lowest BCUT2D eigenvalue weighted by atomic mass is 9.99. The molecule has 0 saturated carbocycles. The summed E-state index contributed by atoms with van der Waals surface area (Å²) in [6.45, 7) is 4.88. The van der Waals surface area contributed by atoms with Crippen LogP contribution in [0.5, 0.6) is 0 Å². The van der Waals surface area contributed by atoms with Crippen molar-refractivity contribution < 1.29 is 4.79 Å². The fourth-order valence-corrected chi connectivity index (χ4v) is 3.99. The van der Waals surface area contributed by atoms with Gasteiger partial charge in [0.05, 0.1) is 11.9 Å². The lowest BCUT2D eigenvalue weighted by Gasteiger charge is -2.29. The van der Waals surface area contributed by atoms with Crippen molar-refractivity contribution in [3.63, 3.8) is 0 Å². The predicted molar refractivity (Wildman–Crippen MR) is 117 cm³/mol. The number of carbonyl (C=O) groups is 1. The predicted octanol–water partition coefficient (Wildman–Crippen LogP) is 4.52. The summed E-state index contributed by atoms with van der Waals surface area (Å²) >= 11 is 0. The summed E-state index contributed by atoms with van der Waals surface area (Å²) in [6, 6.07) is 18.8. The van der Waals surface area contributed by atoms with Crippen LogP contribution in [0.4, 0.5) is 5.69 Å². The molecule has 1 aliphatic rings. The summed E-state index contributed by atoms with van der Waals surface area (Å²) in [5, 5.41) is 3.10. The van der Waals surface area contributed by atoms with E-state index in [0.29, 0.717) is 6.42 Å². The van der Waals surface area contributed by atoms with Crippen molar-refractivity contribution in [1.82, 2.24) is 9.88 Å². The van der Waals surface area contributed by atoms with Gasteiger partial charge in [-0.15, -0.1) is 0 Å². The molecular weight excluding hydrogens is 358 g/mol. The number of hydrogen-bond acceptors (Lipinski definition) is 3. The first-order valence-corrected chi connectivity index (χ1v) is 10.3. The number of nitrogens with one attached hydrogen (secondary N) is 1. The smallest absolute Gasteiger partial charge is 0.224 e. The van der Waals surface area contributed by atoms with Crippen molar-refractivity contribution in [2.24, 2.45) is 0 Å². The molecule has 1 aromatic heterocycles. The zero-order valence-corrected chi connectivity index (χ0v) is 16.9. The minimum absolute atomic E-state index is 0.0511. The van der Waals surface area contributed by atoms with Gasteiger partial charge in [0.15, 0.2) is 0 Å². The highest BCUT2D eigenvalue weighted by Crippen LogP contribution is 2.26. The van der Waals surface area contributed by atoms with Crippen LogP contribution in [0.3, 0.4) is 0 Å². The molecular formula is C25H27N3O. The molecule has 1 amide bonds. The third-order valence-corrected chi connectivity index (χ3v) is 5.62. The lowest BCUT2D eigenvalue weighted by molar-refractivity contribution is -0.116. The molecule has 2 aromatic carbocycles. The van der Waals surface area contributed by atoms with E-state index >= 15 is 0 Å². The quantitative estimate of drug-likeness (QED) is 0.679. The number of anilines is 1. The van der Waals surface area contributed by atoms with E-state index in [1.165, 1.54) is 27.8 Å². The Morgan fingerprint density at radius 3 is 2.69 bits per heavy atom. The third kappa shape index (κ3) is 4.90. The second-order valence-corrected chi connectivity index (χ2v) is 7.75. The number of pyridine rings is 1. The van der Waals surface area contributed by atoms with Gasteiger partial charge in [0.2, 0.25) is 5.91 Å². The van der Waals surface area contributed by atoms with E-state index in [0.717, 1.165) is 38.2 Å². The first-order valence-electron chi connectivity index (χ1n) is 10.3. The first kappa shape index (κ1) is 19.3. The molecule has 2 heterocycles. The molecule has 0 bridgehead atoms. The molecule has 1 N–H and O–H groups in total. The fraction of sp³-hybridized carbons (Fsp3) is 0.280. The van der Waals surface area contributed by atoms with E-state index in [9.17, 15) is 4.79 Å². The van der Waals surface area contributed by atoms with Crippen LogP contribution < -0.4 is 5.32 Å². The van der Waals surface area contributed by atoms with Gasteiger partial charge in [0.1, 0.15) is 0 Å². The van der Waals surface area contributed by atoms with Crippen molar-refractivity contribution >= 4 is 11.6 Å². The molecule has 0 spiro atoms. The van der Waals surface area contributed by atoms with Crippen molar-refractivity contribution in [1.29, 1.82) is 0 Å². The highest BCUT2D eigenvalue weighted by Gasteiger charge is 2.20. The first-order chi connectivity index (χ1) is 14.2. The van der Waals surface area contributed by atoms with Gasteiger partial charge in [0, 0.05) is 32.3 Å². The Balaban J connectivity index is 1.38. The fourth-order valence-electron chi connectivity index (χ4n) is 3.99. The number of rotatable bonds is 6. The van der Waals surface area contributed by atoms with Crippen LogP contribution in [-0.4, -0.2) is 22.3 Å². The molecule has 4 nitrogen and oxygen atoms in total. The maximum absolute atomic E-state index is 12.5. The minimum atomic E-state index is 0.0511. The van der Waals surface area contributed by atoms with Crippen LogP contribution in [-0.2, 0) is 30.7 Å². The second-order valence-electron chi connectivity index (χ2n) is 7.75. The van der Waals surface area contributed by atoms with E-state index < -0.39 is 0 Å². The summed E-state index contributed by atoms with van der Waals surface area (Å²) in [5.74, 6) is 0.0511. The topological polar surface area (TPSA) is 45.2 Å². The molecule has 0 atom stereocenters. The lowest BCUT2D eigenvalue weighted by Crippen LogP contribution is -2.31. The summed E-state index contributed by atoms with van der Waals surface area (Å²) in [5.41, 5.74) is 7.10. The molecule has 0 fully saturated rings. The van der Waals surface area contributed by atoms with E-state index in [2.05, 4.69) is 58.5 Å². The number of hydrogen-bond donors (Lipinski definition) is 1. The highest BCUT2D eigenvalue weighted by atomic mass is 16.1. The Labute approximate surface area is 172 Å². The Bertz CT molecular complexity index is 984. The molecule has 4 rings (SSSR count). The number of aromatic nitrogens is 1. The second kappa shape index (κ2) is 9.01. The summed E-state index contributed by atoms with van der Waals surface area (Å²) in [6.07, 6.45) is 5.89. The Kier molecular flexibility index (Phi) is 6.01. The number of amides is 1. The van der Waals surface area contributed by atoms with Gasteiger partial charge in [-0.05, 0) is 47.6 Å².